The number of benzene rings is 1. The van der Waals surface area contributed by atoms with E-state index in [1.54, 1.807) is 16.7 Å². The van der Waals surface area contributed by atoms with Crippen molar-refractivity contribution in [3.8, 4) is 0 Å². The second-order valence-corrected chi connectivity index (χ2v) is 7.89. The maximum atomic E-state index is 12.8. The van der Waals surface area contributed by atoms with E-state index in [9.17, 15) is 9.59 Å². The zero-order valence-corrected chi connectivity index (χ0v) is 15.8. The molecule has 7 heteroatoms. The molecule has 3 heterocycles. The smallest absolute Gasteiger partial charge is 0.242 e. The topological polar surface area (TPSA) is 52.7 Å². The van der Waals surface area contributed by atoms with E-state index in [0.29, 0.717) is 17.6 Å². The van der Waals surface area contributed by atoms with E-state index in [0.717, 1.165) is 49.6 Å². The molecule has 1 aromatic rings. The standard InChI is InChI=1S/C18H23N3O2S.ClH/c22-17(20-7-5-13-9-19-10-14(13)6-8-20)11-21-15-3-1-2-4-16(15)24-12-18(21)23;/h1-4,13-14,19H,5-12H2;1H/t13-,14+;. The first-order chi connectivity index (χ1) is 11.7. The molecule has 0 unspecified atom stereocenters. The minimum atomic E-state index is 0. The number of hydrogen-bond donors (Lipinski definition) is 1. The van der Waals surface area contributed by atoms with Crippen molar-refractivity contribution in [1.29, 1.82) is 0 Å². The summed E-state index contributed by atoms with van der Waals surface area (Å²) < 4.78 is 0. The molecule has 25 heavy (non-hydrogen) atoms. The molecule has 136 valence electrons. The molecule has 4 rings (SSSR count). The second kappa shape index (κ2) is 7.98. The Morgan fingerprint density at radius 2 is 1.84 bits per heavy atom. The van der Waals surface area contributed by atoms with Crippen molar-refractivity contribution in [2.75, 3.05) is 43.4 Å². The van der Waals surface area contributed by atoms with Gasteiger partial charge in [-0.05, 0) is 49.9 Å². The lowest BCUT2D eigenvalue weighted by atomic mass is 9.92. The number of amides is 2. The Bertz CT molecular complexity index is 643. The number of likely N-dealkylation sites (tertiary alicyclic amines) is 1. The van der Waals surface area contributed by atoms with Crippen LogP contribution in [-0.4, -0.2) is 55.2 Å². The van der Waals surface area contributed by atoms with E-state index in [2.05, 4.69) is 5.32 Å². The molecule has 5 nitrogen and oxygen atoms in total. The number of nitrogens with zero attached hydrogens (tertiary/aromatic N) is 2. The Morgan fingerprint density at radius 3 is 2.56 bits per heavy atom. The maximum absolute atomic E-state index is 12.8. The lowest BCUT2D eigenvalue weighted by Crippen LogP contribution is -2.45. The number of rotatable bonds is 2. The highest BCUT2D eigenvalue weighted by molar-refractivity contribution is 8.00. The lowest BCUT2D eigenvalue weighted by molar-refractivity contribution is -0.131. The number of thioether (sulfide) groups is 1. The summed E-state index contributed by atoms with van der Waals surface area (Å²) in [6, 6.07) is 7.86. The van der Waals surface area contributed by atoms with Gasteiger partial charge in [0, 0.05) is 18.0 Å². The van der Waals surface area contributed by atoms with Crippen LogP contribution in [-0.2, 0) is 9.59 Å². The van der Waals surface area contributed by atoms with E-state index < -0.39 is 0 Å². The number of carbonyl (C=O) groups is 2. The van der Waals surface area contributed by atoms with Crippen LogP contribution < -0.4 is 10.2 Å². The summed E-state index contributed by atoms with van der Waals surface area (Å²) in [6.07, 6.45) is 2.15. The van der Waals surface area contributed by atoms with Crippen LogP contribution in [0.3, 0.4) is 0 Å². The summed E-state index contributed by atoms with van der Waals surface area (Å²) in [5.41, 5.74) is 0.878. The quantitative estimate of drug-likeness (QED) is 0.851. The molecule has 3 aliphatic heterocycles. The normalized spacial score (nSPS) is 25.7. The molecule has 1 aromatic carbocycles. The van der Waals surface area contributed by atoms with Gasteiger partial charge < -0.3 is 15.1 Å². The molecule has 0 aromatic heterocycles. The summed E-state index contributed by atoms with van der Waals surface area (Å²) in [6.45, 7) is 3.98. The molecule has 0 spiro atoms. The molecule has 2 atom stereocenters. The van der Waals surface area contributed by atoms with Crippen molar-refractivity contribution in [3.63, 3.8) is 0 Å². The van der Waals surface area contributed by atoms with Crippen molar-refractivity contribution in [2.45, 2.75) is 17.7 Å². The molecular formula is C18H24ClN3O2S. The fourth-order valence-corrected chi connectivity index (χ4v) is 4.97. The van der Waals surface area contributed by atoms with E-state index in [1.807, 2.05) is 29.2 Å². The minimum Gasteiger partial charge on any atom is -0.341 e. The van der Waals surface area contributed by atoms with Crippen molar-refractivity contribution < 1.29 is 9.59 Å². The van der Waals surface area contributed by atoms with Crippen LogP contribution >= 0.6 is 24.2 Å². The highest BCUT2D eigenvalue weighted by Gasteiger charge is 2.33. The van der Waals surface area contributed by atoms with Crippen molar-refractivity contribution in [2.24, 2.45) is 11.8 Å². The highest BCUT2D eigenvalue weighted by atomic mass is 35.5. The number of para-hydroxylation sites is 1. The van der Waals surface area contributed by atoms with Crippen LogP contribution in [0.5, 0.6) is 0 Å². The fourth-order valence-electron chi connectivity index (χ4n) is 4.03. The lowest BCUT2D eigenvalue weighted by Gasteiger charge is -2.30. The number of hydrogen-bond acceptors (Lipinski definition) is 4. The van der Waals surface area contributed by atoms with Crippen LogP contribution in [0.25, 0.3) is 0 Å². The van der Waals surface area contributed by atoms with Crippen LogP contribution in [0.4, 0.5) is 5.69 Å². The van der Waals surface area contributed by atoms with Gasteiger partial charge in [0.05, 0.1) is 11.4 Å². The predicted octanol–water partition coefficient (Wildman–Crippen LogP) is 2.01. The number of nitrogens with one attached hydrogen (secondary N) is 1. The molecule has 2 amide bonds. The molecular weight excluding hydrogens is 358 g/mol. The van der Waals surface area contributed by atoms with Crippen LogP contribution in [0.15, 0.2) is 29.2 Å². The first-order valence-electron chi connectivity index (χ1n) is 8.73. The third kappa shape index (κ3) is 3.81. The Morgan fingerprint density at radius 1 is 1.16 bits per heavy atom. The third-order valence-electron chi connectivity index (χ3n) is 5.47. The van der Waals surface area contributed by atoms with Crippen LogP contribution in [0.1, 0.15) is 12.8 Å². The Balaban J connectivity index is 0.00000182. The fraction of sp³-hybridized carbons (Fsp3) is 0.556. The molecule has 2 saturated heterocycles. The van der Waals surface area contributed by atoms with E-state index in [-0.39, 0.29) is 30.8 Å². The Hall–Kier alpha value is -1.24. The van der Waals surface area contributed by atoms with Gasteiger partial charge in [-0.1, -0.05) is 12.1 Å². The monoisotopic (exact) mass is 381 g/mol. The summed E-state index contributed by atoms with van der Waals surface area (Å²) in [5.74, 6) is 1.94. The maximum Gasteiger partial charge on any atom is 0.242 e. The average molecular weight is 382 g/mol. The Kier molecular flexibility index (Phi) is 5.92. The largest absolute Gasteiger partial charge is 0.341 e. The van der Waals surface area contributed by atoms with Gasteiger partial charge >= 0.3 is 0 Å². The zero-order valence-electron chi connectivity index (χ0n) is 14.1. The first-order valence-corrected chi connectivity index (χ1v) is 9.71. The van der Waals surface area contributed by atoms with Gasteiger partial charge in [0.15, 0.2) is 0 Å². The van der Waals surface area contributed by atoms with E-state index >= 15 is 0 Å². The van der Waals surface area contributed by atoms with Crippen molar-refractivity contribution in [1.82, 2.24) is 10.2 Å². The molecule has 0 saturated carbocycles. The van der Waals surface area contributed by atoms with Crippen molar-refractivity contribution >= 4 is 41.7 Å². The molecule has 0 aliphatic carbocycles. The molecule has 0 radical (unpaired) electrons. The number of halogens is 1. The molecule has 2 fully saturated rings. The van der Waals surface area contributed by atoms with E-state index in [1.165, 1.54) is 0 Å². The van der Waals surface area contributed by atoms with E-state index in [4.69, 9.17) is 0 Å². The molecule has 1 N–H and O–H groups in total. The number of anilines is 1. The SMILES string of the molecule is Cl.O=C(CN1C(=O)CSc2ccccc21)N1CC[C@@H]2CNC[C@@H]2CC1. The van der Waals surface area contributed by atoms with Gasteiger partial charge in [-0.2, -0.15) is 0 Å². The molecule has 3 aliphatic rings. The van der Waals surface area contributed by atoms with Gasteiger partial charge in [0.25, 0.3) is 0 Å². The summed E-state index contributed by atoms with van der Waals surface area (Å²) in [5, 5.41) is 3.46. The van der Waals surface area contributed by atoms with Gasteiger partial charge in [-0.3, -0.25) is 9.59 Å². The van der Waals surface area contributed by atoms with Gasteiger partial charge in [-0.15, -0.1) is 24.2 Å². The van der Waals surface area contributed by atoms with Crippen LogP contribution in [0.2, 0.25) is 0 Å². The summed E-state index contributed by atoms with van der Waals surface area (Å²) >= 11 is 1.55. The van der Waals surface area contributed by atoms with Crippen LogP contribution in [0, 0.1) is 11.8 Å². The average Bonchev–Trinajstić information content (AvgIpc) is 2.95. The summed E-state index contributed by atoms with van der Waals surface area (Å²) in [7, 11) is 0. The first kappa shape index (κ1) is 18.5. The number of carbonyl (C=O) groups excluding carboxylic acids is 2. The Labute approximate surface area is 158 Å². The second-order valence-electron chi connectivity index (χ2n) is 6.87. The van der Waals surface area contributed by atoms with Gasteiger partial charge in [0.2, 0.25) is 11.8 Å². The number of fused-ring (bicyclic) bond motifs is 2. The zero-order chi connectivity index (χ0) is 16.5. The highest BCUT2D eigenvalue weighted by Crippen LogP contribution is 2.35. The van der Waals surface area contributed by atoms with Gasteiger partial charge in [0.1, 0.15) is 6.54 Å². The predicted molar refractivity (Wildman–Crippen MR) is 102 cm³/mol. The summed E-state index contributed by atoms with van der Waals surface area (Å²) in [4.78, 5) is 29.9. The minimum absolute atomic E-state index is 0. The third-order valence-corrected chi connectivity index (χ3v) is 6.52. The van der Waals surface area contributed by atoms with Crippen molar-refractivity contribution in [3.05, 3.63) is 24.3 Å². The molecule has 0 bridgehead atoms. The van der Waals surface area contributed by atoms with Gasteiger partial charge in [-0.25, -0.2) is 0 Å².